The first-order valence-electron chi connectivity index (χ1n) is 25.0. The summed E-state index contributed by atoms with van der Waals surface area (Å²) in [6.07, 6.45) is -0.602. The normalized spacial score (nSPS) is 14.5. The molecule has 0 aliphatic carbocycles. The van der Waals surface area contributed by atoms with Crippen LogP contribution in [0, 0.1) is 5.92 Å². The number of benzene rings is 11. The Hall–Kier alpha value is -8.92. The Morgan fingerprint density at radius 2 is 0.757 bits per heavy atom. The lowest BCUT2D eigenvalue weighted by atomic mass is 9.74. The Labute approximate surface area is 426 Å². The van der Waals surface area contributed by atoms with Crippen LogP contribution < -0.4 is 14.2 Å². The van der Waals surface area contributed by atoms with Crippen molar-refractivity contribution in [3.05, 3.63) is 214 Å². The van der Waals surface area contributed by atoms with Crippen molar-refractivity contribution in [3.8, 4) is 57.5 Å². The van der Waals surface area contributed by atoms with Crippen molar-refractivity contribution >= 4 is 53.9 Å². The fourth-order valence-electron chi connectivity index (χ4n) is 11.7. The molecule has 0 spiro atoms. The molecule has 0 bridgehead atoms. The number of aliphatic hydroxyl groups excluding tert-OH is 1. The van der Waals surface area contributed by atoms with Crippen LogP contribution in [0.25, 0.3) is 53.9 Å². The van der Waals surface area contributed by atoms with Gasteiger partial charge in [0.15, 0.2) is 0 Å². The lowest BCUT2D eigenvalue weighted by Crippen LogP contribution is -2.22. The van der Waals surface area contributed by atoms with E-state index in [2.05, 4.69) is 32.0 Å². The molecule has 3 unspecified atom stereocenters. The minimum absolute atomic E-state index is 0.0970. The van der Waals surface area contributed by atoms with Crippen LogP contribution in [0.3, 0.4) is 0 Å². The number of aliphatic hydroxyl groups is 1. The molecule has 364 valence electrons. The van der Waals surface area contributed by atoms with E-state index < -0.39 is 17.9 Å². The molecule has 2 aliphatic heterocycles. The third-order valence-corrected chi connectivity index (χ3v) is 15.6. The van der Waals surface area contributed by atoms with Crippen molar-refractivity contribution in [2.75, 3.05) is 0 Å². The van der Waals surface area contributed by atoms with Crippen LogP contribution in [0.4, 0.5) is 0 Å². The first-order chi connectivity index (χ1) is 35.9. The highest BCUT2D eigenvalue weighted by atomic mass is 16.5. The van der Waals surface area contributed by atoms with Crippen molar-refractivity contribution in [2.45, 2.75) is 51.2 Å². The van der Waals surface area contributed by atoms with Gasteiger partial charge in [0.25, 0.3) is 0 Å². The molecular formula is C65H50O9. The second kappa shape index (κ2) is 17.1. The van der Waals surface area contributed by atoms with Crippen LogP contribution in [-0.2, 0) is 0 Å². The molecule has 0 amide bonds. The van der Waals surface area contributed by atoms with Gasteiger partial charge in [-0.25, -0.2) is 0 Å². The van der Waals surface area contributed by atoms with Gasteiger partial charge in [0.1, 0.15) is 63.6 Å². The van der Waals surface area contributed by atoms with E-state index in [1.807, 2.05) is 97.9 Å². The topological polar surface area (TPSA) is 149 Å². The lowest BCUT2D eigenvalue weighted by molar-refractivity contribution is 0.148. The Balaban J connectivity index is 1.16. The van der Waals surface area contributed by atoms with Gasteiger partial charge in [0.2, 0.25) is 0 Å². The summed E-state index contributed by atoms with van der Waals surface area (Å²) in [5, 5.41) is 75.8. The number of phenols is 5. The molecule has 3 atom stereocenters. The van der Waals surface area contributed by atoms with Crippen LogP contribution in [-0.4, -0.2) is 36.7 Å². The van der Waals surface area contributed by atoms with E-state index in [0.717, 1.165) is 88.3 Å². The molecule has 0 fully saturated rings. The summed E-state index contributed by atoms with van der Waals surface area (Å²) < 4.78 is 20.6. The standard InChI is InChI=1S/C65H50O9/c1-4-33(2)34(3)72-57-24-9-39-32-47(70)14-19-52(39)64(57)65(71)42-26-40(58-60-48-15-10-43(66)28-35(48)5-20-53(60)73-54-21-6-36-29-44(67)11-16-49(36)61(54)58)25-41(27-42)59-62-50-17-12-45(68)30-37(50)7-22-55(62)74-56-23-8-38-31-46(69)13-18-51(38)63(56)59/h5-34,58-59,65-71H,4H2,1-3H3. The first kappa shape index (κ1) is 45.0. The average Bonchev–Trinajstić information content (AvgIpc) is 3.42. The molecule has 6 N–H and O–H groups in total. The number of ether oxygens (including phenoxy) is 3. The summed E-state index contributed by atoms with van der Waals surface area (Å²) in [5.74, 6) is 2.74. The van der Waals surface area contributed by atoms with E-state index in [4.69, 9.17) is 14.2 Å². The van der Waals surface area contributed by atoms with Crippen molar-refractivity contribution in [1.29, 1.82) is 0 Å². The summed E-state index contributed by atoms with van der Waals surface area (Å²) in [7, 11) is 0. The zero-order chi connectivity index (χ0) is 50.7. The van der Waals surface area contributed by atoms with E-state index >= 15 is 0 Å². The summed E-state index contributed by atoms with van der Waals surface area (Å²) >= 11 is 0. The molecule has 9 nitrogen and oxygen atoms in total. The van der Waals surface area contributed by atoms with Crippen LogP contribution in [0.1, 0.15) is 89.6 Å². The summed E-state index contributed by atoms with van der Waals surface area (Å²) in [6.45, 7) is 6.33. The van der Waals surface area contributed by atoms with E-state index in [1.165, 1.54) is 0 Å². The number of rotatable bonds is 8. The molecule has 74 heavy (non-hydrogen) atoms. The van der Waals surface area contributed by atoms with E-state index in [1.54, 1.807) is 60.7 Å². The highest BCUT2D eigenvalue weighted by Crippen LogP contribution is 2.57. The monoisotopic (exact) mass is 974 g/mol. The Bertz CT molecular complexity index is 3750. The summed E-state index contributed by atoms with van der Waals surface area (Å²) in [6, 6.07) is 52.3. The molecule has 0 radical (unpaired) electrons. The number of fused-ring (bicyclic) bond motifs is 13. The van der Waals surface area contributed by atoms with Gasteiger partial charge in [-0.15, -0.1) is 0 Å². The SMILES string of the molecule is CCC(C)C(C)Oc1ccc2cc(O)ccc2c1C(O)c1cc(C2c3c(ccc4cc(O)ccc34)Oc3ccc4cc(O)ccc4c32)cc(C2c3c(ccc4cc(O)ccc34)Oc3ccc4cc(O)ccc4c32)c1. The number of phenolic OH excluding ortho intramolecular Hbond substituents is 5. The van der Waals surface area contributed by atoms with Gasteiger partial charge < -0.3 is 44.8 Å². The van der Waals surface area contributed by atoms with Crippen molar-refractivity contribution in [2.24, 2.45) is 5.92 Å². The second-order valence-corrected chi connectivity index (χ2v) is 20.0. The summed E-state index contributed by atoms with van der Waals surface area (Å²) in [4.78, 5) is 0. The van der Waals surface area contributed by atoms with Gasteiger partial charge in [-0.05, 0) is 174 Å². The minimum Gasteiger partial charge on any atom is -0.508 e. The molecule has 2 heterocycles. The quantitative estimate of drug-likeness (QED) is 0.0875. The van der Waals surface area contributed by atoms with Crippen LogP contribution in [0.15, 0.2) is 170 Å². The Morgan fingerprint density at radius 1 is 0.419 bits per heavy atom. The van der Waals surface area contributed by atoms with Gasteiger partial charge in [-0.1, -0.05) is 99.1 Å². The van der Waals surface area contributed by atoms with E-state index in [-0.39, 0.29) is 40.8 Å². The van der Waals surface area contributed by atoms with Gasteiger partial charge in [-0.2, -0.15) is 0 Å². The molecular weight excluding hydrogens is 925 g/mol. The number of aromatic hydroxyl groups is 5. The highest BCUT2D eigenvalue weighted by Gasteiger charge is 2.37. The number of hydrogen-bond donors (Lipinski definition) is 6. The largest absolute Gasteiger partial charge is 0.508 e. The van der Waals surface area contributed by atoms with Crippen molar-refractivity contribution in [1.82, 2.24) is 0 Å². The van der Waals surface area contributed by atoms with Gasteiger partial charge in [0, 0.05) is 39.7 Å². The maximum absolute atomic E-state index is 13.6. The van der Waals surface area contributed by atoms with Crippen LogP contribution in [0.2, 0.25) is 0 Å². The predicted octanol–water partition coefficient (Wildman–Crippen LogP) is 15.4. The highest BCUT2D eigenvalue weighted by molar-refractivity contribution is 5.98. The molecule has 11 aromatic rings. The lowest BCUT2D eigenvalue weighted by Gasteiger charge is -2.34. The van der Waals surface area contributed by atoms with E-state index in [0.29, 0.717) is 45.3 Å². The third kappa shape index (κ3) is 7.25. The van der Waals surface area contributed by atoms with Gasteiger partial charge in [0.05, 0.1) is 6.10 Å². The summed E-state index contributed by atoms with van der Waals surface area (Å²) in [5.41, 5.74) is 6.18. The van der Waals surface area contributed by atoms with Crippen LogP contribution >= 0.6 is 0 Å². The third-order valence-electron chi connectivity index (χ3n) is 15.6. The molecule has 0 saturated heterocycles. The zero-order valence-corrected chi connectivity index (χ0v) is 40.7. The zero-order valence-electron chi connectivity index (χ0n) is 40.7. The van der Waals surface area contributed by atoms with Crippen molar-refractivity contribution < 1.29 is 44.8 Å². The van der Waals surface area contributed by atoms with Gasteiger partial charge >= 0.3 is 0 Å². The maximum atomic E-state index is 13.6. The van der Waals surface area contributed by atoms with Crippen molar-refractivity contribution in [3.63, 3.8) is 0 Å². The molecule has 0 saturated carbocycles. The smallest absolute Gasteiger partial charge is 0.132 e. The molecule has 11 aromatic carbocycles. The second-order valence-electron chi connectivity index (χ2n) is 20.0. The molecule has 2 aliphatic rings. The Kier molecular flexibility index (Phi) is 10.4. The fourth-order valence-corrected chi connectivity index (χ4v) is 11.7. The average molecular weight is 975 g/mol. The number of hydrogen-bond acceptors (Lipinski definition) is 9. The maximum Gasteiger partial charge on any atom is 0.132 e. The molecule has 9 heteroatoms. The predicted molar refractivity (Wildman–Crippen MR) is 290 cm³/mol. The van der Waals surface area contributed by atoms with Crippen LogP contribution in [0.5, 0.6) is 57.5 Å². The molecule has 13 rings (SSSR count). The van der Waals surface area contributed by atoms with Gasteiger partial charge in [-0.3, -0.25) is 0 Å². The minimum atomic E-state index is -1.29. The fraction of sp³-hybridized carbons (Fsp3) is 0.138. The van der Waals surface area contributed by atoms with E-state index in [9.17, 15) is 30.6 Å². The Morgan fingerprint density at radius 3 is 1.12 bits per heavy atom. The first-order valence-corrected chi connectivity index (χ1v) is 25.0. The molecule has 0 aromatic heterocycles.